The normalized spacial score (nSPS) is 17.9. The number of aromatic nitrogens is 2. The molecule has 0 saturated carbocycles. The molecule has 2 heterocycles. The Morgan fingerprint density at radius 3 is 2.96 bits per heavy atom. The van der Waals surface area contributed by atoms with E-state index < -0.39 is 6.55 Å². The summed E-state index contributed by atoms with van der Waals surface area (Å²) in [5.74, 6) is 1.41. The molecule has 1 unspecified atom stereocenters. The average molecular weight is 473 g/mol. The summed E-state index contributed by atoms with van der Waals surface area (Å²) >= 11 is 0. The Bertz CT molecular complexity index is 530. The van der Waals surface area contributed by atoms with Crippen molar-refractivity contribution < 1.29 is 18.3 Å². The fourth-order valence-electron chi connectivity index (χ4n) is 2.70. The van der Waals surface area contributed by atoms with Gasteiger partial charge in [-0.25, -0.2) is 4.98 Å². The van der Waals surface area contributed by atoms with E-state index in [9.17, 15) is 8.78 Å². The summed E-state index contributed by atoms with van der Waals surface area (Å²) in [6, 6.07) is 0. The first-order valence-corrected chi connectivity index (χ1v) is 7.97. The lowest BCUT2D eigenvalue weighted by Gasteiger charge is -2.21. The fourth-order valence-corrected chi connectivity index (χ4v) is 2.70. The zero-order valence-electron chi connectivity index (χ0n) is 14.5. The summed E-state index contributed by atoms with van der Waals surface area (Å²) < 4.78 is 37.0. The van der Waals surface area contributed by atoms with Gasteiger partial charge >= 0.3 is 6.55 Å². The Morgan fingerprint density at radius 2 is 2.28 bits per heavy atom. The van der Waals surface area contributed by atoms with Gasteiger partial charge in [0, 0.05) is 45.6 Å². The van der Waals surface area contributed by atoms with Crippen LogP contribution in [0.1, 0.15) is 18.8 Å². The lowest BCUT2D eigenvalue weighted by Crippen LogP contribution is -2.40. The van der Waals surface area contributed by atoms with E-state index in [-0.39, 0.29) is 36.3 Å². The van der Waals surface area contributed by atoms with Gasteiger partial charge in [0.25, 0.3) is 0 Å². The first-order chi connectivity index (χ1) is 11.7. The zero-order chi connectivity index (χ0) is 17.4. The van der Waals surface area contributed by atoms with Gasteiger partial charge in [-0.1, -0.05) is 0 Å². The Balaban J connectivity index is 0.00000312. The van der Waals surface area contributed by atoms with Crippen LogP contribution in [0.15, 0.2) is 17.4 Å². The molecule has 144 valence electrons. The van der Waals surface area contributed by atoms with Crippen LogP contribution >= 0.6 is 24.0 Å². The zero-order valence-corrected chi connectivity index (χ0v) is 16.9. The highest BCUT2D eigenvalue weighted by Gasteiger charge is 2.25. The minimum Gasteiger partial charge on any atom is -0.382 e. The number of alkyl halides is 2. The van der Waals surface area contributed by atoms with E-state index in [1.165, 1.54) is 12.4 Å². The Kier molecular flexibility index (Phi) is 10.2. The largest absolute Gasteiger partial charge is 0.382 e. The van der Waals surface area contributed by atoms with Gasteiger partial charge in [0.15, 0.2) is 5.96 Å². The lowest BCUT2D eigenvalue weighted by molar-refractivity contribution is 0.0536. The molecule has 1 aliphatic rings. The number of nitrogens with one attached hydrogen (secondary N) is 1. The van der Waals surface area contributed by atoms with Gasteiger partial charge in [0.1, 0.15) is 5.82 Å². The van der Waals surface area contributed by atoms with Gasteiger partial charge in [-0.05, 0) is 6.42 Å². The number of ether oxygens (including phenoxy) is 2. The molecule has 0 radical (unpaired) electrons. The van der Waals surface area contributed by atoms with Crippen LogP contribution in [0.5, 0.6) is 0 Å². The van der Waals surface area contributed by atoms with E-state index in [1.807, 2.05) is 0 Å². The first kappa shape index (κ1) is 22.0. The lowest BCUT2D eigenvalue weighted by atomic mass is 10.1. The van der Waals surface area contributed by atoms with Crippen LogP contribution in [-0.2, 0) is 16.0 Å². The van der Waals surface area contributed by atoms with Crippen molar-refractivity contribution in [2.75, 3.05) is 47.1 Å². The third-order valence-electron chi connectivity index (χ3n) is 3.95. The first-order valence-electron chi connectivity index (χ1n) is 7.97. The number of likely N-dealkylation sites (tertiary alicyclic amines) is 1. The second-order valence-corrected chi connectivity index (χ2v) is 5.60. The minimum atomic E-state index is -2.59. The monoisotopic (exact) mass is 473 g/mol. The van der Waals surface area contributed by atoms with Crippen molar-refractivity contribution >= 4 is 29.9 Å². The Hall–Kier alpha value is -1.01. The van der Waals surface area contributed by atoms with Crippen molar-refractivity contribution in [1.82, 2.24) is 19.8 Å². The molecule has 7 nitrogen and oxygen atoms in total. The summed E-state index contributed by atoms with van der Waals surface area (Å²) in [5, 5.41) is 3.10. The van der Waals surface area contributed by atoms with E-state index in [4.69, 9.17) is 9.47 Å². The summed E-state index contributed by atoms with van der Waals surface area (Å²) in [6.07, 6.45) is 3.65. The van der Waals surface area contributed by atoms with Crippen molar-refractivity contribution in [1.29, 1.82) is 0 Å². The maximum absolute atomic E-state index is 12.8. The highest BCUT2D eigenvalue weighted by Crippen LogP contribution is 2.17. The number of imidazole rings is 1. The fraction of sp³-hybridized carbons (Fsp3) is 0.733. The van der Waals surface area contributed by atoms with Crippen molar-refractivity contribution in [3.8, 4) is 0 Å². The number of rotatable bonds is 8. The van der Waals surface area contributed by atoms with Crippen molar-refractivity contribution in [2.45, 2.75) is 19.5 Å². The van der Waals surface area contributed by atoms with E-state index >= 15 is 0 Å². The van der Waals surface area contributed by atoms with Gasteiger partial charge in [0.2, 0.25) is 0 Å². The molecule has 25 heavy (non-hydrogen) atoms. The van der Waals surface area contributed by atoms with Crippen LogP contribution in [0, 0.1) is 5.92 Å². The van der Waals surface area contributed by atoms with Crippen molar-refractivity contribution in [3.63, 3.8) is 0 Å². The van der Waals surface area contributed by atoms with Crippen LogP contribution < -0.4 is 5.32 Å². The van der Waals surface area contributed by atoms with Crippen LogP contribution in [0.25, 0.3) is 0 Å². The molecule has 1 aliphatic heterocycles. The summed E-state index contributed by atoms with van der Waals surface area (Å²) in [7, 11) is 3.33. The molecule has 2 rings (SSSR count). The number of guanidine groups is 1. The van der Waals surface area contributed by atoms with Gasteiger partial charge in [-0.15, -0.1) is 24.0 Å². The quantitative estimate of drug-likeness (QED) is 0.271. The van der Waals surface area contributed by atoms with Crippen LogP contribution in [-0.4, -0.2) is 67.5 Å². The van der Waals surface area contributed by atoms with E-state index in [0.717, 1.165) is 24.1 Å². The van der Waals surface area contributed by atoms with Crippen molar-refractivity contribution in [2.24, 2.45) is 10.9 Å². The second kappa shape index (κ2) is 11.6. The molecule has 0 aromatic carbocycles. The Labute approximate surface area is 163 Å². The molecule has 1 aromatic rings. The molecule has 1 saturated heterocycles. The maximum atomic E-state index is 12.8. The molecule has 0 amide bonds. The predicted molar refractivity (Wildman–Crippen MR) is 101 cm³/mol. The number of hydrogen-bond acceptors (Lipinski definition) is 4. The smallest absolute Gasteiger partial charge is 0.319 e. The molecular formula is C15H26F2IN5O2. The van der Waals surface area contributed by atoms with Gasteiger partial charge < -0.3 is 19.7 Å². The third-order valence-corrected chi connectivity index (χ3v) is 3.95. The third kappa shape index (κ3) is 6.66. The van der Waals surface area contributed by atoms with Crippen LogP contribution in [0.3, 0.4) is 0 Å². The number of methoxy groups -OCH3 is 1. The summed E-state index contributed by atoms with van der Waals surface area (Å²) in [6.45, 7) is 1.18. The van der Waals surface area contributed by atoms with Crippen molar-refractivity contribution in [3.05, 3.63) is 18.2 Å². The SMILES string of the molecule is CN=C(NCc1nccn1C(F)F)N1CCC(COCCOC)C1.I. The highest BCUT2D eigenvalue weighted by molar-refractivity contribution is 14.0. The molecule has 1 aromatic heterocycles. The topological polar surface area (TPSA) is 63.9 Å². The molecule has 0 aliphatic carbocycles. The number of aliphatic imine (C=N–C) groups is 1. The number of halogens is 3. The molecule has 0 spiro atoms. The number of hydrogen-bond donors (Lipinski definition) is 1. The highest BCUT2D eigenvalue weighted by atomic mass is 127. The van der Waals surface area contributed by atoms with E-state index in [2.05, 4.69) is 20.2 Å². The standard InChI is InChI=1S/C15H25F2N5O2.HI/c1-18-15(20-9-13-19-4-6-22(13)14(16)17)21-5-3-12(10-21)11-24-8-7-23-2;/h4,6,12,14H,3,5,7-11H2,1-2H3,(H,18,20);1H. The van der Waals surface area contributed by atoms with Crippen LogP contribution in [0.2, 0.25) is 0 Å². The van der Waals surface area contributed by atoms with Gasteiger partial charge in [0.05, 0.1) is 26.4 Å². The Morgan fingerprint density at radius 1 is 1.48 bits per heavy atom. The van der Waals surface area contributed by atoms with Gasteiger partial charge in [-0.3, -0.25) is 9.56 Å². The average Bonchev–Trinajstić information content (AvgIpc) is 3.22. The summed E-state index contributed by atoms with van der Waals surface area (Å²) in [5.41, 5.74) is 0. The van der Waals surface area contributed by atoms with Gasteiger partial charge in [-0.2, -0.15) is 8.78 Å². The number of nitrogens with zero attached hydrogens (tertiary/aromatic N) is 4. The maximum Gasteiger partial charge on any atom is 0.319 e. The minimum absolute atomic E-state index is 0. The van der Waals surface area contributed by atoms with Crippen LogP contribution in [0.4, 0.5) is 8.78 Å². The van der Waals surface area contributed by atoms with E-state index in [1.54, 1.807) is 14.2 Å². The van der Waals surface area contributed by atoms with E-state index in [0.29, 0.717) is 31.7 Å². The summed E-state index contributed by atoms with van der Waals surface area (Å²) in [4.78, 5) is 10.3. The molecule has 1 fully saturated rings. The molecule has 10 heteroatoms. The second-order valence-electron chi connectivity index (χ2n) is 5.60. The molecular weight excluding hydrogens is 447 g/mol. The molecule has 0 bridgehead atoms. The molecule has 1 atom stereocenters. The molecule has 1 N–H and O–H groups in total. The predicted octanol–water partition coefficient (Wildman–Crippen LogP) is 1.96.